The van der Waals surface area contributed by atoms with E-state index in [4.69, 9.17) is 16.3 Å². The van der Waals surface area contributed by atoms with Gasteiger partial charge in [-0.05, 0) is 31.0 Å². The molecular weight excluding hydrogens is 262 g/mol. The van der Waals surface area contributed by atoms with Gasteiger partial charge in [0.15, 0.2) is 0 Å². The maximum Gasteiger partial charge on any atom is 0.144 e. The molecule has 0 atom stereocenters. The molecule has 0 bridgehead atoms. The SMILES string of the molecule is CCc1nn(-c2cc(Cl)ccc2OC)c2c1CCN2. The summed E-state index contributed by atoms with van der Waals surface area (Å²) < 4.78 is 7.32. The quantitative estimate of drug-likeness (QED) is 0.937. The lowest BCUT2D eigenvalue weighted by Gasteiger charge is -2.11. The minimum atomic E-state index is 0.677. The topological polar surface area (TPSA) is 39.1 Å². The molecule has 100 valence electrons. The largest absolute Gasteiger partial charge is 0.494 e. The van der Waals surface area contributed by atoms with E-state index >= 15 is 0 Å². The van der Waals surface area contributed by atoms with Gasteiger partial charge in [-0.1, -0.05) is 18.5 Å². The minimum Gasteiger partial charge on any atom is -0.494 e. The summed E-state index contributed by atoms with van der Waals surface area (Å²) in [5.41, 5.74) is 3.33. The summed E-state index contributed by atoms with van der Waals surface area (Å²) in [5, 5.41) is 8.76. The molecule has 4 nitrogen and oxygen atoms in total. The predicted octanol–water partition coefficient (Wildman–Crippen LogP) is 3.06. The van der Waals surface area contributed by atoms with Gasteiger partial charge in [0.2, 0.25) is 0 Å². The summed E-state index contributed by atoms with van der Waals surface area (Å²) in [6.45, 7) is 3.09. The summed E-state index contributed by atoms with van der Waals surface area (Å²) >= 11 is 6.10. The number of nitrogens with zero attached hydrogens (tertiary/aromatic N) is 2. The number of aryl methyl sites for hydroxylation is 1. The van der Waals surface area contributed by atoms with E-state index in [1.165, 1.54) is 5.56 Å². The lowest BCUT2D eigenvalue weighted by molar-refractivity contribution is 0.412. The van der Waals surface area contributed by atoms with Gasteiger partial charge in [0.25, 0.3) is 0 Å². The summed E-state index contributed by atoms with van der Waals surface area (Å²) in [7, 11) is 1.66. The zero-order valence-corrected chi connectivity index (χ0v) is 11.8. The predicted molar refractivity (Wildman–Crippen MR) is 76.7 cm³/mol. The van der Waals surface area contributed by atoms with Crippen LogP contribution < -0.4 is 10.1 Å². The van der Waals surface area contributed by atoms with Crippen molar-refractivity contribution in [1.82, 2.24) is 9.78 Å². The van der Waals surface area contributed by atoms with Gasteiger partial charge in [0.1, 0.15) is 17.3 Å². The number of anilines is 1. The molecule has 5 heteroatoms. The first-order chi connectivity index (χ1) is 9.24. The molecule has 1 aromatic heterocycles. The molecule has 2 aromatic rings. The number of methoxy groups -OCH3 is 1. The number of hydrogen-bond acceptors (Lipinski definition) is 3. The van der Waals surface area contributed by atoms with Gasteiger partial charge in [0.05, 0.1) is 12.8 Å². The highest BCUT2D eigenvalue weighted by atomic mass is 35.5. The Kier molecular flexibility index (Phi) is 3.11. The Balaban J connectivity index is 2.20. The van der Waals surface area contributed by atoms with Crippen LogP contribution in [0.1, 0.15) is 18.2 Å². The molecule has 2 heterocycles. The second-order valence-corrected chi connectivity index (χ2v) is 4.97. The summed E-state index contributed by atoms with van der Waals surface area (Å²) in [5.74, 6) is 1.84. The number of aromatic nitrogens is 2. The fourth-order valence-corrected chi connectivity index (χ4v) is 2.70. The minimum absolute atomic E-state index is 0.677. The van der Waals surface area contributed by atoms with Crippen LogP contribution in [0.15, 0.2) is 18.2 Å². The summed E-state index contributed by atoms with van der Waals surface area (Å²) in [6, 6.07) is 5.57. The Morgan fingerprint density at radius 2 is 2.32 bits per heavy atom. The van der Waals surface area contributed by atoms with E-state index < -0.39 is 0 Å². The van der Waals surface area contributed by atoms with Crippen molar-refractivity contribution in [3.63, 3.8) is 0 Å². The van der Waals surface area contributed by atoms with Crippen molar-refractivity contribution >= 4 is 17.4 Å². The lowest BCUT2D eigenvalue weighted by Crippen LogP contribution is -2.06. The van der Waals surface area contributed by atoms with Crippen LogP contribution in [0.2, 0.25) is 5.02 Å². The van der Waals surface area contributed by atoms with Gasteiger partial charge >= 0.3 is 0 Å². The van der Waals surface area contributed by atoms with Crippen LogP contribution in [0.25, 0.3) is 5.69 Å². The highest BCUT2D eigenvalue weighted by Gasteiger charge is 2.23. The highest BCUT2D eigenvalue weighted by Crippen LogP contribution is 2.33. The van der Waals surface area contributed by atoms with Crippen molar-refractivity contribution in [2.24, 2.45) is 0 Å². The molecule has 1 aromatic carbocycles. The Hall–Kier alpha value is -1.68. The summed E-state index contributed by atoms with van der Waals surface area (Å²) in [4.78, 5) is 0. The smallest absolute Gasteiger partial charge is 0.144 e. The van der Waals surface area contributed by atoms with Crippen molar-refractivity contribution < 1.29 is 4.74 Å². The first-order valence-corrected chi connectivity index (χ1v) is 6.81. The molecule has 1 N–H and O–H groups in total. The van der Waals surface area contributed by atoms with Gasteiger partial charge in [-0.2, -0.15) is 5.10 Å². The van der Waals surface area contributed by atoms with E-state index in [-0.39, 0.29) is 0 Å². The van der Waals surface area contributed by atoms with E-state index in [0.717, 1.165) is 42.3 Å². The van der Waals surface area contributed by atoms with Crippen LogP contribution in [0.5, 0.6) is 5.75 Å². The maximum atomic E-state index is 6.10. The molecule has 0 fully saturated rings. The molecule has 0 radical (unpaired) electrons. The van der Waals surface area contributed by atoms with Gasteiger partial charge in [0, 0.05) is 17.1 Å². The number of hydrogen-bond donors (Lipinski definition) is 1. The van der Waals surface area contributed by atoms with Crippen LogP contribution in [0.3, 0.4) is 0 Å². The lowest BCUT2D eigenvalue weighted by atomic mass is 10.2. The van der Waals surface area contributed by atoms with Crippen molar-refractivity contribution in [3.05, 3.63) is 34.5 Å². The third-order valence-corrected chi connectivity index (χ3v) is 3.67. The standard InChI is InChI=1S/C14H16ClN3O/c1-3-11-10-6-7-16-14(10)18(17-11)12-8-9(15)4-5-13(12)19-2/h4-5,8,16H,3,6-7H2,1-2H3. The Morgan fingerprint density at radius 3 is 3.05 bits per heavy atom. The van der Waals surface area contributed by atoms with Crippen molar-refractivity contribution in [3.8, 4) is 11.4 Å². The van der Waals surface area contributed by atoms with Gasteiger partial charge < -0.3 is 10.1 Å². The van der Waals surface area contributed by atoms with E-state index in [1.54, 1.807) is 7.11 Å². The van der Waals surface area contributed by atoms with Gasteiger partial charge in [-0.15, -0.1) is 0 Å². The van der Waals surface area contributed by atoms with E-state index in [1.807, 2.05) is 22.9 Å². The maximum absolute atomic E-state index is 6.10. The second-order valence-electron chi connectivity index (χ2n) is 4.53. The Morgan fingerprint density at radius 1 is 1.47 bits per heavy atom. The first-order valence-electron chi connectivity index (χ1n) is 6.43. The average Bonchev–Trinajstić information content (AvgIpc) is 3.00. The average molecular weight is 278 g/mol. The third kappa shape index (κ3) is 1.96. The normalized spacial score (nSPS) is 13.2. The molecule has 0 amide bonds. The molecule has 3 rings (SSSR count). The third-order valence-electron chi connectivity index (χ3n) is 3.44. The zero-order valence-electron chi connectivity index (χ0n) is 11.0. The summed E-state index contributed by atoms with van der Waals surface area (Å²) in [6.07, 6.45) is 1.96. The second kappa shape index (κ2) is 4.78. The Bertz CT molecular complexity index is 621. The number of halogens is 1. The molecular formula is C14H16ClN3O. The number of fused-ring (bicyclic) bond motifs is 1. The number of nitrogens with one attached hydrogen (secondary N) is 1. The fourth-order valence-electron chi connectivity index (χ4n) is 2.53. The van der Waals surface area contributed by atoms with Crippen LogP contribution >= 0.6 is 11.6 Å². The fraction of sp³-hybridized carbons (Fsp3) is 0.357. The molecule has 0 saturated heterocycles. The molecule has 0 saturated carbocycles. The molecule has 1 aliphatic heterocycles. The van der Waals surface area contributed by atoms with Gasteiger partial charge in [-0.25, -0.2) is 4.68 Å². The van der Waals surface area contributed by atoms with E-state index in [2.05, 4.69) is 17.3 Å². The number of benzene rings is 1. The van der Waals surface area contributed by atoms with E-state index in [9.17, 15) is 0 Å². The number of ether oxygens (including phenoxy) is 1. The van der Waals surface area contributed by atoms with Gasteiger partial charge in [-0.3, -0.25) is 0 Å². The van der Waals surface area contributed by atoms with E-state index in [0.29, 0.717) is 5.02 Å². The van der Waals surface area contributed by atoms with Crippen LogP contribution in [-0.4, -0.2) is 23.4 Å². The number of rotatable bonds is 3. The van der Waals surface area contributed by atoms with Crippen LogP contribution in [-0.2, 0) is 12.8 Å². The van der Waals surface area contributed by atoms with Crippen molar-refractivity contribution in [2.75, 3.05) is 19.0 Å². The van der Waals surface area contributed by atoms with Crippen LogP contribution in [0, 0.1) is 0 Å². The molecule has 0 spiro atoms. The highest BCUT2D eigenvalue weighted by molar-refractivity contribution is 6.30. The van der Waals surface area contributed by atoms with Crippen molar-refractivity contribution in [1.29, 1.82) is 0 Å². The Labute approximate surface area is 117 Å². The molecule has 1 aliphatic rings. The van der Waals surface area contributed by atoms with Crippen molar-refractivity contribution in [2.45, 2.75) is 19.8 Å². The molecule has 19 heavy (non-hydrogen) atoms. The first kappa shape index (κ1) is 12.4. The monoisotopic (exact) mass is 277 g/mol. The van der Waals surface area contributed by atoms with Crippen LogP contribution in [0.4, 0.5) is 5.82 Å². The molecule has 0 unspecified atom stereocenters. The zero-order chi connectivity index (χ0) is 13.4. The molecule has 0 aliphatic carbocycles.